The molecule has 1 amide bonds. The number of hydrogen-bond donors (Lipinski definition) is 1. The molecular formula is C23H33N3O3SSi. The third-order valence-corrected chi connectivity index (χ3v) is 8.46. The maximum atomic E-state index is 12.3. The van der Waals surface area contributed by atoms with E-state index in [0.717, 1.165) is 53.8 Å². The fourth-order valence-corrected chi connectivity index (χ4v) is 5.51. The Morgan fingerprint density at radius 3 is 2.81 bits per heavy atom. The first-order valence-corrected chi connectivity index (χ1v) is 15.8. The van der Waals surface area contributed by atoms with Crippen LogP contribution in [-0.4, -0.2) is 62.9 Å². The summed E-state index contributed by atoms with van der Waals surface area (Å²) in [6, 6.07) is 7.49. The summed E-state index contributed by atoms with van der Waals surface area (Å²) in [5, 5.41) is 4.08. The minimum atomic E-state index is -1.18. The van der Waals surface area contributed by atoms with Gasteiger partial charge in [-0.3, -0.25) is 0 Å². The van der Waals surface area contributed by atoms with Gasteiger partial charge < -0.3 is 19.7 Å². The average Bonchev–Trinajstić information content (AvgIpc) is 3.15. The Labute approximate surface area is 189 Å². The summed E-state index contributed by atoms with van der Waals surface area (Å²) in [6.45, 7) is 10.7. The zero-order chi connectivity index (χ0) is 21.8. The number of carbonyl (C=O) groups is 1. The zero-order valence-electron chi connectivity index (χ0n) is 18.8. The molecule has 0 unspecified atom stereocenters. The lowest BCUT2D eigenvalue weighted by atomic mass is 10.0. The molecule has 1 N–H and O–H groups in total. The third-order valence-electron chi connectivity index (χ3n) is 5.85. The van der Waals surface area contributed by atoms with Crippen molar-refractivity contribution in [3.05, 3.63) is 29.8 Å². The van der Waals surface area contributed by atoms with Crippen LogP contribution in [-0.2, 0) is 4.74 Å². The summed E-state index contributed by atoms with van der Waals surface area (Å²) in [5.74, 6) is 0. The first-order valence-electron chi connectivity index (χ1n) is 11.3. The summed E-state index contributed by atoms with van der Waals surface area (Å²) in [5.41, 5.74) is 3.67. The minimum Gasteiger partial charge on any atom is -0.467 e. The highest BCUT2D eigenvalue weighted by molar-refractivity contribution is 7.20. The molecule has 0 bridgehead atoms. The number of carbonyl (C=O) groups excluding carboxylic acids is 1. The van der Waals surface area contributed by atoms with Crippen LogP contribution < -0.4 is 10.1 Å². The van der Waals surface area contributed by atoms with Crippen LogP contribution in [0.3, 0.4) is 0 Å². The van der Waals surface area contributed by atoms with E-state index in [0.29, 0.717) is 19.7 Å². The van der Waals surface area contributed by atoms with Crippen LogP contribution in [0, 0.1) is 0 Å². The molecule has 8 heteroatoms. The summed E-state index contributed by atoms with van der Waals surface area (Å²) < 4.78 is 12.8. The molecule has 1 aromatic carbocycles. The van der Waals surface area contributed by atoms with Crippen molar-refractivity contribution in [3.63, 3.8) is 0 Å². The molecule has 6 nitrogen and oxygen atoms in total. The van der Waals surface area contributed by atoms with Crippen LogP contribution in [0.5, 0.6) is 5.19 Å². The summed E-state index contributed by atoms with van der Waals surface area (Å²) in [7, 11) is -1.18. The van der Waals surface area contributed by atoms with Crippen molar-refractivity contribution >= 4 is 41.3 Å². The number of benzene rings is 1. The van der Waals surface area contributed by atoms with Gasteiger partial charge in [-0.2, -0.15) is 0 Å². The first-order chi connectivity index (χ1) is 14.9. The molecule has 0 saturated carbocycles. The van der Waals surface area contributed by atoms with Crippen LogP contribution >= 0.6 is 11.3 Å². The van der Waals surface area contributed by atoms with Gasteiger partial charge in [0, 0.05) is 40.5 Å². The highest BCUT2D eigenvalue weighted by Crippen LogP contribution is 2.32. The maximum Gasteiger partial charge on any atom is 0.409 e. The lowest BCUT2D eigenvalue weighted by Gasteiger charge is -2.31. The van der Waals surface area contributed by atoms with Gasteiger partial charge in [0.25, 0.3) is 5.19 Å². The Morgan fingerprint density at radius 2 is 2.10 bits per heavy atom. The second-order valence-electron chi connectivity index (χ2n) is 9.58. The average molecular weight is 460 g/mol. The fourth-order valence-electron chi connectivity index (χ4n) is 3.87. The SMILES string of the molecule is C[Si](C)(C)CCOC(=O)N1CCC(Oc2nc3ccc(C4=CCNCC4)cc3s2)CC1. The monoisotopic (exact) mass is 459 g/mol. The number of hydrogen-bond acceptors (Lipinski definition) is 6. The van der Waals surface area contributed by atoms with E-state index >= 15 is 0 Å². The van der Waals surface area contributed by atoms with Crippen LogP contribution in [0.15, 0.2) is 24.3 Å². The molecule has 4 rings (SSSR count). The number of ether oxygens (including phenoxy) is 2. The van der Waals surface area contributed by atoms with E-state index in [1.807, 2.05) is 0 Å². The number of rotatable bonds is 6. The normalized spacial score (nSPS) is 18.2. The Bertz CT molecular complexity index is 945. The van der Waals surface area contributed by atoms with E-state index in [2.05, 4.69) is 54.2 Å². The molecule has 1 fully saturated rings. The van der Waals surface area contributed by atoms with Gasteiger partial charge in [0.1, 0.15) is 6.10 Å². The van der Waals surface area contributed by atoms with Gasteiger partial charge in [0.05, 0.1) is 16.8 Å². The molecule has 1 saturated heterocycles. The number of amides is 1. The molecule has 31 heavy (non-hydrogen) atoms. The molecule has 1 aromatic heterocycles. The van der Waals surface area contributed by atoms with E-state index in [1.165, 1.54) is 11.1 Å². The van der Waals surface area contributed by atoms with Crippen LogP contribution in [0.2, 0.25) is 25.7 Å². The third kappa shape index (κ3) is 6.08. The molecule has 0 atom stereocenters. The van der Waals surface area contributed by atoms with Gasteiger partial charge >= 0.3 is 6.09 Å². The quantitative estimate of drug-likeness (QED) is 0.617. The molecule has 3 heterocycles. The van der Waals surface area contributed by atoms with Gasteiger partial charge in [0.2, 0.25) is 0 Å². The predicted molar refractivity (Wildman–Crippen MR) is 130 cm³/mol. The predicted octanol–water partition coefficient (Wildman–Crippen LogP) is 4.99. The highest BCUT2D eigenvalue weighted by Gasteiger charge is 2.26. The van der Waals surface area contributed by atoms with Crippen molar-refractivity contribution in [1.82, 2.24) is 15.2 Å². The Kier molecular flexibility index (Phi) is 6.98. The second kappa shape index (κ2) is 9.71. The molecule has 168 valence electrons. The molecule has 2 aliphatic heterocycles. The van der Waals surface area contributed by atoms with E-state index in [-0.39, 0.29) is 12.2 Å². The molecule has 0 spiro atoms. The smallest absolute Gasteiger partial charge is 0.409 e. The lowest BCUT2D eigenvalue weighted by Crippen LogP contribution is -2.42. The highest BCUT2D eigenvalue weighted by atomic mass is 32.1. The largest absolute Gasteiger partial charge is 0.467 e. The van der Waals surface area contributed by atoms with Crippen molar-refractivity contribution in [2.24, 2.45) is 0 Å². The summed E-state index contributed by atoms with van der Waals surface area (Å²) in [4.78, 5) is 18.8. The summed E-state index contributed by atoms with van der Waals surface area (Å²) >= 11 is 1.61. The number of fused-ring (bicyclic) bond motifs is 1. The molecule has 0 aliphatic carbocycles. The number of thiazole rings is 1. The Hall–Kier alpha value is -1.90. The van der Waals surface area contributed by atoms with E-state index < -0.39 is 8.07 Å². The summed E-state index contributed by atoms with van der Waals surface area (Å²) in [6.07, 6.45) is 4.86. The lowest BCUT2D eigenvalue weighted by molar-refractivity contribution is 0.0702. The van der Waals surface area contributed by atoms with Gasteiger partial charge in [-0.1, -0.05) is 43.1 Å². The van der Waals surface area contributed by atoms with Crippen molar-refractivity contribution in [3.8, 4) is 5.19 Å². The number of likely N-dealkylation sites (tertiary alicyclic amines) is 1. The van der Waals surface area contributed by atoms with Crippen LogP contribution in [0.4, 0.5) is 4.79 Å². The number of aromatic nitrogens is 1. The zero-order valence-corrected chi connectivity index (χ0v) is 20.6. The fraction of sp³-hybridized carbons (Fsp3) is 0.565. The van der Waals surface area contributed by atoms with Crippen molar-refractivity contribution in [1.29, 1.82) is 0 Å². The Morgan fingerprint density at radius 1 is 1.29 bits per heavy atom. The van der Waals surface area contributed by atoms with Gasteiger partial charge in [-0.05, 0) is 42.3 Å². The topological polar surface area (TPSA) is 63.7 Å². The minimum absolute atomic E-state index is 0.0955. The number of piperidine rings is 1. The van der Waals surface area contributed by atoms with Crippen molar-refractivity contribution in [2.45, 2.75) is 51.1 Å². The van der Waals surface area contributed by atoms with Crippen LogP contribution in [0.1, 0.15) is 24.8 Å². The number of nitrogens with zero attached hydrogens (tertiary/aromatic N) is 2. The van der Waals surface area contributed by atoms with Gasteiger partial charge in [-0.25, -0.2) is 9.78 Å². The van der Waals surface area contributed by atoms with Crippen molar-refractivity contribution in [2.75, 3.05) is 32.8 Å². The van der Waals surface area contributed by atoms with Crippen molar-refractivity contribution < 1.29 is 14.3 Å². The molecule has 0 radical (unpaired) electrons. The van der Waals surface area contributed by atoms with Gasteiger partial charge in [0.15, 0.2) is 0 Å². The second-order valence-corrected chi connectivity index (χ2v) is 16.2. The standard InChI is InChI=1S/C23H33N3O3SSi/c1-31(2,3)15-14-28-23(27)26-12-8-19(9-13-26)29-22-25-20-5-4-18(16-21(20)30-22)17-6-10-24-11-7-17/h4-6,16,19,24H,7-15H2,1-3H3. The van der Waals surface area contributed by atoms with E-state index in [1.54, 1.807) is 16.2 Å². The Balaban J connectivity index is 1.29. The van der Waals surface area contributed by atoms with Crippen LogP contribution in [0.25, 0.3) is 15.8 Å². The molecule has 2 aliphatic rings. The maximum absolute atomic E-state index is 12.3. The van der Waals surface area contributed by atoms with E-state index in [9.17, 15) is 4.79 Å². The molecule has 2 aromatic rings. The first kappa shape index (κ1) is 22.3. The molecular weight excluding hydrogens is 426 g/mol. The van der Waals surface area contributed by atoms with E-state index in [4.69, 9.17) is 9.47 Å². The number of nitrogens with one attached hydrogen (secondary N) is 1. The van der Waals surface area contributed by atoms with Gasteiger partial charge in [-0.15, -0.1) is 0 Å².